The van der Waals surface area contributed by atoms with E-state index in [4.69, 9.17) is 0 Å². The van der Waals surface area contributed by atoms with Crippen LogP contribution in [0, 0.1) is 5.92 Å². The fourth-order valence-corrected chi connectivity index (χ4v) is 1.35. The maximum Gasteiger partial charge on any atom is 0.125 e. The number of hydrogen-bond donors (Lipinski definition) is 2. The van der Waals surface area contributed by atoms with E-state index >= 15 is 0 Å². The lowest BCUT2D eigenvalue weighted by Crippen LogP contribution is -2.39. The number of aromatic nitrogens is 1. The number of aliphatic hydroxyl groups is 1. The predicted molar refractivity (Wildman–Crippen MR) is 62.8 cm³/mol. The Morgan fingerprint density at radius 3 is 2.80 bits per heavy atom. The van der Waals surface area contributed by atoms with Gasteiger partial charge in [0.05, 0.1) is 5.60 Å². The lowest BCUT2D eigenvalue weighted by molar-refractivity contribution is 0.0175. The van der Waals surface area contributed by atoms with Gasteiger partial charge in [0.15, 0.2) is 0 Å². The molecule has 3 nitrogen and oxygen atoms in total. The van der Waals surface area contributed by atoms with Crippen LogP contribution in [0.15, 0.2) is 24.4 Å². The minimum atomic E-state index is -0.688. The average Bonchev–Trinajstić information content (AvgIpc) is 2.27. The normalized spacial score (nSPS) is 16.8. The molecular formula is C12H20N2O. The second-order valence-corrected chi connectivity index (χ2v) is 4.23. The molecule has 1 aromatic rings. The summed E-state index contributed by atoms with van der Waals surface area (Å²) in [6.07, 6.45) is 2.71. The van der Waals surface area contributed by atoms with E-state index in [1.807, 2.05) is 25.1 Å². The summed E-state index contributed by atoms with van der Waals surface area (Å²) in [6, 6.07) is 5.69. The Balaban J connectivity index is 2.49. The topological polar surface area (TPSA) is 45.1 Å². The summed E-state index contributed by atoms with van der Waals surface area (Å²) in [7, 11) is 0. The Labute approximate surface area is 91.5 Å². The van der Waals surface area contributed by atoms with Gasteiger partial charge >= 0.3 is 0 Å². The van der Waals surface area contributed by atoms with Crippen molar-refractivity contribution in [2.45, 2.75) is 32.8 Å². The fraction of sp³-hybridized carbons (Fsp3) is 0.583. The first-order valence-corrected chi connectivity index (χ1v) is 5.43. The standard InChI is InChI=1S/C12H20N2O/c1-4-10(2)12(3,15)9-14-11-7-5-6-8-13-11/h5-8,10,15H,4,9H2,1-3H3,(H,13,14)/t10-,12+/m0/s1. The summed E-state index contributed by atoms with van der Waals surface area (Å²) in [5.41, 5.74) is -0.688. The first kappa shape index (κ1) is 12.0. The number of nitrogens with zero attached hydrogens (tertiary/aromatic N) is 1. The third kappa shape index (κ3) is 3.51. The van der Waals surface area contributed by atoms with Crippen LogP contribution in [-0.2, 0) is 0 Å². The maximum absolute atomic E-state index is 10.2. The second-order valence-electron chi connectivity index (χ2n) is 4.23. The first-order chi connectivity index (χ1) is 7.06. The Bertz CT molecular complexity index is 285. The Kier molecular flexibility index (Phi) is 4.09. The molecule has 0 bridgehead atoms. The van der Waals surface area contributed by atoms with Crippen molar-refractivity contribution in [1.82, 2.24) is 4.98 Å². The minimum absolute atomic E-state index is 0.272. The molecule has 0 fully saturated rings. The van der Waals surface area contributed by atoms with Gasteiger partial charge in [0.25, 0.3) is 0 Å². The molecule has 0 amide bonds. The van der Waals surface area contributed by atoms with Gasteiger partial charge in [0.2, 0.25) is 0 Å². The van der Waals surface area contributed by atoms with Crippen LogP contribution in [0.5, 0.6) is 0 Å². The van der Waals surface area contributed by atoms with Crippen molar-refractivity contribution in [3.8, 4) is 0 Å². The van der Waals surface area contributed by atoms with Crippen molar-refractivity contribution >= 4 is 5.82 Å². The Morgan fingerprint density at radius 2 is 2.27 bits per heavy atom. The number of hydrogen-bond acceptors (Lipinski definition) is 3. The van der Waals surface area contributed by atoms with Gasteiger partial charge < -0.3 is 10.4 Å². The minimum Gasteiger partial charge on any atom is -0.388 e. The molecule has 0 aliphatic heterocycles. The molecule has 2 atom stereocenters. The van der Waals surface area contributed by atoms with Gasteiger partial charge in [-0.05, 0) is 25.0 Å². The van der Waals surface area contributed by atoms with Crippen molar-refractivity contribution in [3.05, 3.63) is 24.4 Å². The molecule has 0 unspecified atom stereocenters. The van der Waals surface area contributed by atoms with Crippen LogP contribution in [0.4, 0.5) is 5.82 Å². The van der Waals surface area contributed by atoms with E-state index in [-0.39, 0.29) is 5.92 Å². The molecule has 1 aromatic heterocycles. The molecule has 0 radical (unpaired) electrons. The van der Waals surface area contributed by atoms with Gasteiger partial charge in [-0.25, -0.2) is 4.98 Å². The van der Waals surface area contributed by atoms with E-state index in [9.17, 15) is 5.11 Å². The van der Waals surface area contributed by atoms with E-state index < -0.39 is 5.60 Å². The van der Waals surface area contributed by atoms with Crippen molar-refractivity contribution in [1.29, 1.82) is 0 Å². The van der Waals surface area contributed by atoms with Crippen molar-refractivity contribution < 1.29 is 5.11 Å². The van der Waals surface area contributed by atoms with Crippen LogP contribution in [-0.4, -0.2) is 22.2 Å². The highest BCUT2D eigenvalue weighted by Gasteiger charge is 2.26. The fourth-order valence-electron chi connectivity index (χ4n) is 1.35. The third-order valence-corrected chi connectivity index (χ3v) is 2.97. The summed E-state index contributed by atoms with van der Waals surface area (Å²) >= 11 is 0. The lowest BCUT2D eigenvalue weighted by atomic mass is 9.89. The first-order valence-electron chi connectivity index (χ1n) is 5.43. The Morgan fingerprint density at radius 1 is 1.53 bits per heavy atom. The molecule has 84 valence electrons. The lowest BCUT2D eigenvalue weighted by Gasteiger charge is -2.29. The highest BCUT2D eigenvalue weighted by molar-refractivity contribution is 5.33. The van der Waals surface area contributed by atoms with Gasteiger partial charge in [-0.15, -0.1) is 0 Å². The van der Waals surface area contributed by atoms with E-state index in [1.54, 1.807) is 6.20 Å². The van der Waals surface area contributed by atoms with Crippen LogP contribution < -0.4 is 5.32 Å². The summed E-state index contributed by atoms with van der Waals surface area (Å²) in [5.74, 6) is 1.08. The van der Waals surface area contributed by atoms with E-state index in [0.717, 1.165) is 12.2 Å². The smallest absolute Gasteiger partial charge is 0.125 e. The molecule has 3 heteroatoms. The van der Waals surface area contributed by atoms with Crippen LogP contribution in [0.25, 0.3) is 0 Å². The molecule has 0 saturated heterocycles. The zero-order valence-corrected chi connectivity index (χ0v) is 9.70. The van der Waals surface area contributed by atoms with E-state index in [2.05, 4.69) is 24.1 Å². The zero-order chi connectivity index (χ0) is 11.3. The van der Waals surface area contributed by atoms with Crippen LogP contribution in [0.1, 0.15) is 27.2 Å². The average molecular weight is 208 g/mol. The molecule has 1 rings (SSSR count). The SMILES string of the molecule is CC[C@H](C)[C@](C)(O)CNc1ccccn1. The summed E-state index contributed by atoms with van der Waals surface area (Å²) in [4.78, 5) is 4.14. The maximum atomic E-state index is 10.2. The van der Waals surface area contributed by atoms with Crippen molar-refractivity contribution in [3.63, 3.8) is 0 Å². The highest BCUT2D eigenvalue weighted by Crippen LogP contribution is 2.20. The predicted octanol–water partition coefficient (Wildman–Crippen LogP) is 2.29. The number of pyridine rings is 1. The van der Waals surface area contributed by atoms with Crippen LogP contribution >= 0.6 is 0 Å². The third-order valence-electron chi connectivity index (χ3n) is 2.97. The van der Waals surface area contributed by atoms with Gasteiger partial charge in [0, 0.05) is 12.7 Å². The highest BCUT2D eigenvalue weighted by atomic mass is 16.3. The summed E-state index contributed by atoms with van der Waals surface area (Å²) in [6.45, 7) is 6.52. The van der Waals surface area contributed by atoms with Gasteiger partial charge in [-0.3, -0.25) is 0 Å². The molecule has 0 aliphatic rings. The number of rotatable bonds is 5. The largest absolute Gasteiger partial charge is 0.388 e. The van der Waals surface area contributed by atoms with Crippen LogP contribution in [0.3, 0.4) is 0 Å². The molecule has 0 saturated carbocycles. The van der Waals surface area contributed by atoms with E-state index in [1.165, 1.54) is 0 Å². The number of nitrogens with one attached hydrogen (secondary N) is 1. The second kappa shape index (κ2) is 5.12. The van der Waals surface area contributed by atoms with Crippen molar-refractivity contribution in [2.75, 3.05) is 11.9 Å². The molecule has 0 aliphatic carbocycles. The zero-order valence-electron chi connectivity index (χ0n) is 9.70. The van der Waals surface area contributed by atoms with Gasteiger partial charge in [-0.1, -0.05) is 26.3 Å². The molecule has 1 heterocycles. The Hall–Kier alpha value is -1.09. The monoisotopic (exact) mass is 208 g/mol. The molecule has 2 N–H and O–H groups in total. The quantitative estimate of drug-likeness (QED) is 0.780. The molecule has 0 aromatic carbocycles. The molecule has 15 heavy (non-hydrogen) atoms. The van der Waals surface area contributed by atoms with Crippen molar-refractivity contribution in [2.24, 2.45) is 5.92 Å². The molecular weight excluding hydrogens is 188 g/mol. The van der Waals surface area contributed by atoms with Crippen LogP contribution in [0.2, 0.25) is 0 Å². The summed E-state index contributed by atoms with van der Waals surface area (Å²) < 4.78 is 0. The number of anilines is 1. The summed E-state index contributed by atoms with van der Waals surface area (Å²) in [5, 5.41) is 13.3. The van der Waals surface area contributed by atoms with E-state index in [0.29, 0.717) is 6.54 Å². The van der Waals surface area contributed by atoms with Gasteiger partial charge in [0.1, 0.15) is 5.82 Å². The molecule has 0 spiro atoms. The van der Waals surface area contributed by atoms with Gasteiger partial charge in [-0.2, -0.15) is 0 Å².